The first-order valence-corrected chi connectivity index (χ1v) is 6.98. The van der Waals surface area contributed by atoms with Crippen molar-refractivity contribution in [2.24, 2.45) is 4.99 Å². The molecule has 96 valence electrons. The lowest BCUT2D eigenvalue weighted by Crippen LogP contribution is -2.19. The number of nitrogens with zero attached hydrogens (tertiary/aromatic N) is 2. The summed E-state index contributed by atoms with van der Waals surface area (Å²) in [6, 6.07) is 15.2. The minimum absolute atomic E-state index is 0. The predicted molar refractivity (Wildman–Crippen MR) is 88.8 cm³/mol. The van der Waals surface area contributed by atoms with E-state index in [-0.39, 0.29) is 17.0 Å². The van der Waals surface area contributed by atoms with Gasteiger partial charge in [0.2, 0.25) is 0 Å². The van der Waals surface area contributed by atoms with Gasteiger partial charge in [-0.05, 0) is 22.4 Å². The summed E-state index contributed by atoms with van der Waals surface area (Å²) in [5, 5.41) is 5.95. The number of aliphatic imine (C=N–C) groups is 1. The highest BCUT2D eigenvalue weighted by molar-refractivity contribution is 8.93. The molecule has 0 atom stereocenters. The van der Waals surface area contributed by atoms with Gasteiger partial charge in [-0.1, -0.05) is 48.2 Å². The van der Waals surface area contributed by atoms with Crippen LogP contribution in [-0.4, -0.2) is 23.2 Å². The maximum atomic E-state index is 4.49. The number of fused-ring (bicyclic) bond motifs is 2. The molecule has 0 N–H and O–H groups in total. The zero-order chi connectivity index (χ0) is 11.9. The van der Waals surface area contributed by atoms with Crippen LogP contribution in [0.3, 0.4) is 0 Å². The third-order valence-corrected chi connectivity index (χ3v) is 4.31. The Morgan fingerprint density at radius 2 is 1.89 bits per heavy atom. The van der Waals surface area contributed by atoms with Gasteiger partial charge < -0.3 is 4.90 Å². The Morgan fingerprint density at radius 1 is 1.05 bits per heavy atom. The first-order valence-electron chi connectivity index (χ1n) is 6.10. The smallest absolute Gasteiger partial charge is 0.168 e. The molecule has 19 heavy (non-hydrogen) atoms. The first kappa shape index (κ1) is 12.8. The lowest BCUT2D eigenvalue weighted by molar-refractivity contribution is 0.650. The lowest BCUT2D eigenvalue weighted by atomic mass is 10.1. The van der Waals surface area contributed by atoms with Crippen molar-refractivity contribution in [2.45, 2.75) is 0 Å². The number of amidine groups is 1. The number of thioether (sulfide) groups is 1. The first-order chi connectivity index (χ1) is 8.92. The van der Waals surface area contributed by atoms with E-state index in [1.165, 1.54) is 22.0 Å². The van der Waals surface area contributed by atoms with Crippen molar-refractivity contribution in [3.8, 4) is 0 Å². The zero-order valence-electron chi connectivity index (χ0n) is 10.2. The Kier molecular flexibility index (Phi) is 3.37. The molecule has 2 aliphatic heterocycles. The molecule has 0 bridgehead atoms. The second-order valence-corrected chi connectivity index (χ2v) is 5.34. The molecule has 0 aliphatic carbocycles. The summed E-state index contributed by atoms with van der Waals surface area (Å²) < 4.78 is 0. The lowest BCUT2D eigenvalue weighted by Gasteiger charge is -2.16. The molecule has 0 spiro atoms. The Balaban J connectivity index is 0.00000110. The van der Waals surface area contributed by atoms with Gasteiger partial charge in [-0.15, -0.1) is 17.0 Å². The van der Waals surface area contributed by atoms with Crippen molar-refractivity contribution in [3.63, 3.8) is 0 Å². The van der Waals surface area contributed by atoms with Crippen LogP contribution in [0, 0.1) is 0 Å². The van der Waals surface area contributed by atoms with E-state index in [0.29, 0.717) is 0 Å². The molecule has 0 saturated carbocycles. The van der Waals surface area contributed by atoms with Crippen LogP contribution in [0.4, 0.5) is 0 Å². The highest BCUT2D eigenvalue weighted by Crippen LogP contribution is 2.35. The van der Waals surface area contributed by atoms with Crippen molar-refractivity contribution in [1.29, 1.82) is 0 Å². The normalized spacial score (nSPS) is 16.9. The third-order valence-electron chi connectivity index (χ3n) is 3.41. The van der Waals surface area contributed by atoms with Gasteiger partial charge in [0.1, 0.15) is 0 Å². The van der Waals surface area contributed by atoms with Crippen LogP contribution in [0.25, 0.3) is 16.5 Å². The summed E-state index contributed by atoms with van der Waals surface area (Å²) in [7, 11) is 0. The topological polar surface area (TPSA) is 15.6 Å². The van der Waals surface area contributed by atoms with E-state index < -0.39 is 0 Å². The summed E-state index contributed by atoms with van der Waals surface area (Å²) in [6.07, 6.45) is 0. The molecule has 2 aromatic rings. The van der Waals surface area contributed by atoms with Gasteiger partial charge in [-0.2, -0.15) is 0 Å². The number of hydrogen-bond donors (Lipinski definition) is 0. The minimum Gasteiger partial charge on any atom is -0.318 e. The summed E-state index contributed by atoms with van der Waals surface area (Å²) >= 11 is 1.74. The van der Waals surface area contributed by atoms with E-state index in [4.69, 9.17) is 0 Å². The fourth-order valence-corrected chi connectivity index (χ4v) is 3.46. The van der Waals surface area contributed by atoms with Crippen LogP contribution in [0.1, 0.15) is 5.56 Å². The van der Waals surface area contributed by atoms with E-state index >= 15 is 0 Å². The maximum Gasteiger partial charge on any atom is 0.168 e. The summed E-state index contributed by atoms with van der Waals surface area (Å²) in [6.45, 7) is 1.94. The molecular weight excluding hydrogens is 320 g/mol. The molecule has 2 aliphatic rings. The Bertz CT molecular complexity index is 693. The molecule has 2 nitrogen and oxygen atoms in total. The van der Waals surface area contributed by atoms with Gasteiger partial charge >= 0.3 is 0 Å². The van der Waals surface area contributed by atoms with Gasteiger partial charge in [-0.25, -0.2) is 0 Å². The Hall–Kier alpha value is -1.26. The van der Waals surface area contributed by atoms with E-state index in [2.05, 4.69) is 57.8 Å². The Morgan fingerprint density at radius 3 is 2.79 bits per heavy atom. The van der Waals surface area contributed by atoms with E-state index in [1.54, 1.807) is 11.8 Å². The average Bonchev–Trinajstić information content (AvgIpc) is 3.00. The molecule has 4 rings (SSSR count). The highest BCUT2D eigenvalue weighted by atomic mass is 79.9. The summed E-state index contributed by atoms with van der Waals surface area (Å²) in [4.78, 5) is 6.80. The molecule has 0 radical (unpaired) electrons. The number of halogens is 1. The fraction of sp³-hybridized carbons (Fsp3) is 0.133. The van der Waals surface area contributed by atoms with Gasteiger partial charge in [0.25, 0.3) is 0 Å². The van der Waals surface area contributed by atoms with Crippen LogP contribution in [0.2, 0.25) is 0 Å². The molecule has 0 amide bonds. The second-order valence-electron chi connectivity index (χ2n) is 4.50. The largest absolute Gasteiger partial charge is 0.318 e. The molecule has 2 aromatic carbocycles. The highest BCUT2D eigenvalue weighted by Gasteiger charge is 2.26. The van der Waals surface area contributed by atoms with Gasteiger partial charge in [0.05, 0.1) is 12.2 Å². The van der Waals surface area contributed by atoms with Crippen LogP contribution < -0.4 is 0 Å². The van der Waals surface area contributed by atoms with Gasteiger partial charge in [0, 0.05) is 12.0 Å². The molecular formula is C15H13BrN2S. The van der Waals surface area contributed by atoms with E-state index in [0.717, 1.165) is 18.3 Å². The molecule has 0 aromatic heterocycles. The van der Waals surface area contributed by atoms with Crippen molar-refractivity contribution in [3.05, 3.63) is 53.4 Å². The summed E-state index contributed by atoms with van der Waals surface area (Å²) in [5.41, 5.74) is 2.58. The van der Waals surface area contributed by atoms with Crippen LogP contribution in [0.5, 0.6) is 0 Å². The number of rotatable bonds is 1. The van der Waals surface area contributed by atoms with Gasteiger partial charge in [-0.3, -0.25) is 4.99 Å². The minimum atomic E-state index is 0. The van der Waals surface area contributed by atoms with Crippen molar-refractivity contribution >= 4 is 50.4 Å². The van der Waals surface area contributed by atoms with E-state index in [1.807, 2.05) is 0 Å². The molecule has 0 saturated heterocycles. The number of benzene rings is 2. The predicted octanol–water partition coefficient (Wildman–Crippen LogP) is 4.13. The molecule has 0 fully saturated rings. The molecule has 0 unspecified atom stereocenters. The summed E-state index contributed by atoms with van der Waals surface area (Å²) in [5.74, 6) is 0. The van der Waals surface area contributed by atoms with Crippen LogP contribution in [0.15, 0.2) is 52.9 Å². The SMILES string of the molecule is Br.C1=C(c2ccc3ccccc3c2)N2CCN=C2S1. The second kappa shape index (κ2) is 5.02. The zero-order valence-corrected chi connectivity index (χ0v) is 12.8. The third kappa shape index (κ3) is 2.09. The Labute approximate surface area is 127 Å². The van der Waals surface area contributed by atoms with Crippen molar-refractivity contribution in [1.82, 2.24) is 4.90 Å². The fourth-order valence-electron chi connectivity index (χ4n) is 2.50. The standard InChI is InChI=1S/C15H12N2S.BrH/c1-2-4-12-9-13(6-5-11(12)3-1)14-10-18-15-16-7-8-17(14)15;/h1-6,9-10H,7-8H2;1H. The quantitative estimate of drug-likeness (QED) is 0.780. The van der Waals surface area contributed by atoms with Crippen molar-refractivity contribution in [2.75, 3.05) is 13.1 Å². The molecule has 4 heteroatoms. The molecule has 2 heterocycles. The van der Waals surface area contributed by atoms with Crippen LogP contribution in [-0.2, 0) is 0 Å². The van der Waals surface area contributed by atoms with Crippen LogP contribution >= 0.6 is 28.7 Å². The van der Waals surface area contributed by atoms with E-state index in [9.17, 15) is 0 Å². The monoisotopic (exact) mass is 332 g/mol. The van der Waals surface area contributed by atoms with Crippen molar-refractivity contribution < 1.29 is 0 Å². The van der Waals surface area contributed by atoms with Gasteiger partial charge in [0.15, 0.2) is 5.17 Å². The average molecular weight is 333 g/mol. The maximum absolute atomic E-state index is 4.49. The number of hydrogen-bond acceptors (Lipinski definition) is 3.